The fourth-order valence-corrected chi connectivity index (χ4v) is 4.17. The lowest BCUT2D eigenvalue weighted by atomic mass is 9.99. The third kappa shape index (κ3) is 4.66. The maximum Gasteiger partial charge on any atom is 0.255 e. The fraction of sp³-hybridized carbons (Fsp3) is 0.333. The standard InChI is InChI=1S/C24H26F2N4O/c1-16(17-6-4-3-5-7-17)30-12-10-19(11-13-30)27-24(31)21-15-29(2)28-23(21)20-9-8-18(25)14-22(20)26/h3-9,14-16,19H,10-13H2,1-2H3,(H,27,31). The minimum atomic E-state index is -0.740. The first-order valence-electron chi connectivity index (χ1n) is 10.5. The third-order valence-corrected chi connectivity index (χ3v) is 5.95. The van der Waals surface area contributed by atoms with Crippen LogP contribution in [0.25, 0.3) is 11.3 Å². The molecular formula is C24H26F2N4O. The summed E-state index contributed by atoms with van der Waals surface area (Å²) in [6.45, 7) is 3.97. The van der Waals surface area contributed by atoms with Gasteiger partial charge in [0.25, 0.3) is 5.91 Å². The lowest BCUT2D eigenvalue weighted by molar-refractivity contribution is 0.0896. The van der Waals surface area contributed by atoms with Gasteiger partial charge in [-0.15, -0.1) is 0 Å². The Morgan fingerprint density at radius 3 is 2.52 bits per heavy atom. The molecule has 1 aliphatic rings. The van der Waals surface area contributed by atoms with Crippen LogP contribution in [0.2, 0.25) is 0 Å². The Balaban J connectivity index is 1.42. The van der Waals surface area contributed by atoms with Crippen LogP contribution in [0.1, 0.15) is 41.7 Å². The molecule has 1 aromatic heterocycles. The van der Waals surface area contributed by atoms with E-state index in [2.05, 4.69) is 34.4 Å². The summed E-state index contributed by atoms with van der Waals surface area (Å²) < 4.78 is 29.0. The Morgan fingerprint density at radius 2 is 1.84 bits per heavy atom. The molecule has 4 rings (SSSR count). The van der Waals surface area contributed by atoms with Crippen molar-refractivity contribution >= 4 is 5.91 Å². The van der Waals surface area contributed by atoms with Gasteiger partial charge in [-0.3, -0.25) is 14.4 Å². The van der Waals surface area contributed by atoms with Crippen LogP contribution in [-0.4, -0.2) is 39.7 Å². The molecule has 1 N–H and O–H groups in total. The lowest BCUT2D eigenvalue weighted by Crippen LogP contribution is -2.45. The molecule has 1 atom stereocenters. The number of carbonyl (C=O) groups excluding carboxylic acids is 1. The van der Waals surface area contributed by atoms with Gasteiger partial charge in [0.1, 0.15) is 17.3 Å². The summed E-state index contributed by atoms with van der Waals surface area (Å²) in [5.41, 5.74) is 1.89. The summed E-state index contributed by atoms with van der Waals surface area (Å²) in [5.74, 6) is -1.70. The number of nitrogens with one attached hydrogen (secondary N) is 1. The van der Waals surface area contributed by atoms with Crippen LogP contribution >= 0.6 is 0 Å². The molecule has 2 heterocycles. The van der Waals surface area contributed by atoms with Crippen LogP contribution in [0.15, 0.2) is 54.7 Å². The second kappa shape index (κ2) is 8.98. The van der Waals surface area contributed by atoms with E-state index in [1.54, 1.807) is 13.2 Å². The molecule has 1 amide bonds. The van der Waals surface area contributed by atoms with E-state index in [-0.39, 0.29) is 28.8 Å². The van der Waals surface area contributed by atoms with Crippen molar-refractivity contribution in [1.29, 1.82) is 0 Å². The van der Waals surface area contributed by atoms with Crippen LogP contribution < -0.4 is 5.32 Å². The molecule has 3 aromatic rings. The minimum absolute atomic E-state index is 0.0397. The number of amides is 1. The number of hydrogen-bond acceptors (Lipinski definition) is 3. The van der Waals surface area contributed by atoms with Crippen molar-refractivity contribution in [2.45, 2.75) is 31.8 Å². The summed E-state index contributed by atoms with van der Waals surface area (Å²) in [6, 6.07) is 14.0. The lowest BCUT2D eigenvalue weighted by Gasteiger charge is -2.36. The zero-order valence-corrected chi connectivity index (χ0v) is 17.7. The second-order valence-electron chi connectivity index (χ2n) is 8.06. The van der Waals surface area contributed by atoms with E-state index in [1.165, 1.54) is 22.4 Å². The van der Waals surface area contributed by atoms with Gasteiger partial charge in [0, 0.05) is 50.0 Å². The first-order chi connectivity index (χ1) is 14.9. The molecule has 7 heteroatoms. The van der Waals surface area contributed by atoms with Gasteiger partial charge in [-0.2, -0.15) is 5.10 Å². The summed E-state index contributed by atoms with van der Waals surface area (Å²) in [4.78, 5) is 15.4. The molecule has 2 aromatic carbocycles. The zero-order valence-electron chi connectivity index (χ0n) is 17.7. The fourth-order valence-electron chi connectivity index (χ4n) is 4.17. The van der Waals surface area contributed by atoms with E-state index >= 15 is 0 Å². The van der Waals surface area contributed by atoms with E-state index < -0.39 is 11.6 Å². The van der Waals surface area contributed by atoms with Crippen LogP contribution in [0.3, 0.4) is 0 Å². The number of aryl methyl sites for hydroxylation is 1. The van der Waals surface area contributed by atoms with Crippen molar-refractivity contribution in [3.05, 3.63) is 77.5 Å². The first kappa shape index (κ1) is 21.2. The number of benzene rings is 2. The predicted octanol–water partition coefficient (Wildman–Crippen LogP) is 4.32. The maximum absolute atomic E-state index is 14.3. The van der Waals surface area contributed by atoms with Crippen molar-refractivity contribution in [2.24, 2.45) is 7.05 Å². The molecule has 31 heavy (non-hydrogen) atoms. The Hall–Kier alpha value is -3.06. The van der Waals surface area contributed by atoms with E-state index in [0.717, 1.165) is 32.0 Å². The number of halogens is 2. The molecule has 0 radical (unpaired) electrons. The molecule has 1 saturated heterocycles. The smallest absolute Gasteiger partial charge is 0.255 e. The molecule has 1 unspecified atom stereocenters. The zero-order chi connectivity index (χ0) is 22.0. The van der Waals surface area contributed by atoms with Crippen molar-refractivity contribution in [3.8, 4) is 11.3 Å². The normalized spacial score (nSPS) is 16.3. The Bertz CT molecular complexity index is 1060. The van der Waals surface area contributed by atoms with Gasteiger partial charge < -0.3 is 5.32 Å². The number of aromatic nitrogens is 2. The maximum atomic E-state index is 14.3. The topological polar surface area (TPSA) is 50.2 Å². The third-order valence-electron chi connectivity index (χ3n) is 5.95. The highest BCUT2D eigenvalue weighted by molar-refractivity contribution is 6.00. The number of nitrogens with zero attached hydrogens (tertiary/aromatic N) is 3. The van der Waals surface area contributed by atoms with Crippen LogP contribution in [0, 0.1) is 11.6 Å². The number of piperidine rings is 1. The van der Waals surface area contributed by atoms with Crippen LogP contribution in [-0.2, 0) is 7.05 Å². The first-order valence-corrected chi connectivity index (χ1v) is 10.5. The Labute approximate surface area is 180 Å². The van der Waals surface area contributed by atoms with Gasteiger partial charge in [0.2, 0.25) is 0 Å². The van der Waals surface area contributed by atoms with Crippen molar-refractivity contribution < 1.29 is 13.6 Å². The van der Waals surface area contributed by atoms with Crippen LogP contribution in [0.4, 0.5) is 8.78 Å². The van der Waals surface area contributed by atoms with Gasteiger partial charge in [0.15, 0.2) is 0 Å². The Kier molecular flexibility index (Phi) is 6.13. The van der Waals surface area contributed by atoms with E-state index in [4.69, 9.17) is 0 Å². The highest BCUT2D eigenvalue weighted by atomic mass is 19.1. The quantitative estimate of drug-likeness (QED) is 0.664. The van der Waals surface area contributed by atoms with Gasteiger partial charge in [-0.05, 0) is 37.5 Å². The number of rotatable bonds is 5. The monoisotopic (exact) mass is 424 g/mol. The van der Waals surface area contributed by atoms with Crippen molar-refractivity contribution in [3.63, 3.8) is 0 Å². The molecule has 0 aliphatic carbocycles. The molecule has 0 bridgehead atoms. The summed E-state index contributed by atoms with van der Waals surface area (Å²) in [6.07, 6.45) is 3.24. The molecule has 0 spiro atoms. The van der Waals surface area contributed by atoms with E-state index in [1.807, 2.05) is 18.2 Å². The van der Waals surface area contributed by atoms with E-state index in [9.17, 15) is 13.6 Å². The van der Waals surface area contributed by atoms with Crippen molar-refractivity contribution in [2.75, 3.05) is 13.1 Å². The van der Waals surface area contributed by atoms with Gasteiger partial charge in [-0.1, -0.05) is 30.3 Å². The molecular weight excluding hydrogens is 398 g/mol. The second-order valence-corrected chi connectivity index (χ2v) is 8.06. The predicted molar refractivity (Wildman–Crippen MR) is 115 cm³/mol. The highest BCUT2D eigenvalue weighted by Gasteiger charge is 2.27. The number of likely N-dealkylation sites (tertiary alicyclic amines) is 1. The van der Waals surface area contributed by atoms with E-state index in [0.29, 0.717) is 6.04 Å². The SMILES string of the molecule is CC(c1ccccc1)N1CCC(NC(=O)c2cn(C)nc2-c2ccc(F)cc2F)CC1. The van der Waals surface area contributed by atoms with Gasteiger partial charge in [-0.25, -0.2) is 8.78 Å². The molecule has 5 nitrogen and oxygen atoms in total. The summed E-state index contributed by atoms with van der Waals surface area (Å²) in [7, 11) is 1.67. The molecule has 1 aliphatic heterocycles. The molecule has 1 fully saturated rings. The van der Waals surface area contributed by atoms with Crippen molar-refractivity contribution in [1.82, 2.24) is 20.0 Å². The summed E-state index contributed by atoms with van der Waals surface area (Å²) in [5, 5.41) is 7.31. The number of carbonyl (C=O) groups is 1. The Morgan fingerprint density at radius 1 is 1.13 bits per heavy atom. The average Bonchev–Trinajstić information content (AvgIpc) is 3.16. The highest BCUT2D eigenvalue weighted by Crippen LogP contribution is 2.27. The van der Waals surface area contributed by atoms with Gasteiger partial charge >= 0.3 is 0 Å². The molecule has 0 saturated carbocycles. The minimum Gasteiger partial charge on any atom is -0.349 e. The molecule has 162 valence electrons. The largest absolute Gasteiger partial charge is 0.349 e. The summed E-state index contributed by atoms with van der Waals surface area (Å²) >= 11 is 0. The number of hydrogen-bond donors (Lipinski definition) is 1. The average molecular weight is 424 g/mol. The van der Waals surface area contributed by atoms with Gasteiger partial charge in [0.05, 0.1) is 5.56 Å². The van der Waals surface area contributed by atoms with Crippen LogP contribution in [0.5, 0.6) is 0 Å².